The summed E-state index contributed by atoms with van der Waals surface area (Å²) in [5.74, 6) is 1.87. The van der Waals surface area contributed by atoms with Crippen molar-refractivity contribution in [1.29, 1.82) is 0 Å². The van der Waals surface area contributed by atoms with Gasteiger partial charge in [0.25, 0.3) is 0 Å². The minimum Gasteiger partial charge on any atom is -0.314 e. The monoisotopic (exact) mass is 265 g/mol. The fourth-order valence-corrected chi connectivity index (χ4v) is 4.08. The fraction of sp³-hybridized carbons (Fsp3) is 0.750. The van der Waals surface area contributed by atoms with E-state index in [0.717, 1.165) is 18.4 Å². The van der Waals surface area contributed by atoms with Crippen molar-refractivity contribution >= 4 is 11.3 Å². The van der Waals surface area contributed by atoms with Gasteiger partial charge in [0.1, 0.15) is 0 Å². The van der Waals surface area contributed by atoms with E-state index in [0.29, 0.717) is 6.04 Å². The highest BCUT2D eigenvalue weighted by Crippen LogP contribution is 2.34. The predicted octanol–water partition coefficient (Wildman–Crippen LogP) is 4.49. The molecule has 1 fully saturated rings. The van der Waals surface area contributed by atoms with Crippen molar-refractivity contribution in [3.8, 4) is 0 Å². The standard InChI is InChI=1S/C16H27NS/c1-3-13-6-5-7-15(10-13)16(17-4-2)11-14-8-9-18-12-14/h8-9,12-13,15-17H,3-7,10-11H2,1-2H3. The smallest absolute Gasteiger partial charge is 0.0136 e. The van der Waals surface area contributed by atoms with Gasteiger partial charge in [-0.25, -0.2) is 0 Å². The summed E-state index contributed by atoms with van der Waals surface area (Å²) in [6.45, 7) is 5.69. The third-order valence-corrected chi connectivity index (χ3v) is 5.20. The molecule has 2 heteroatoms. The highest BCUT2D eigenvalue weighted by Gasteiger charge is 2.27. The Morgan fingerprint density at radius 3 is 2.94 bits per heavy atom. The van der Waals surface area contributed by atoms with E-state index in [-0.39, 0.29) is 0 Å². The van der Waals surface area contributed by atoms with Crippen molar-refractivity contribution < 1.29 is 0 Å². The van der Waals surface area contributed by atoms with Crippen LogP contribution < -0.4 is 5.32 Å². The highest BCUT2D eigenvalue weighted by atomic mass is 32.1. The summed E-state index contributed by atoms with van der Waals surface area (Å²) < 4.78 is 0. The summed E-state index contributed by atoms with van der Waals surface area (Å²) in [5, 5.41) is 8.25. The fourth-order valence-electron chi connectivity index (χ4n) is 3.40. The molecule has 3 unspecified atom stereocenters. The van der Waals surface area contributed by atoms with Crippen LogP contribution in [0.2, 0.25) is 0 Å². The van der Waals surface area contributed by atoms with Crippen molar-refractivity contribution in [2.45, 2.75) is 58.4 Å². The summed E-state index contributed by atoms with van der Waals surface area (Å²) in [5.41, 5.74) is 1.52. The van der Waals surface area contributed by atoms with Crippen LogP contribution in [0.3, 0.4) is 0 Å². The van der Waals surface area contributed by atoms with Crippen LogP contribution in [0, 0.1) is 11.8 Å². The van der Waals surface area contributed by atoms with Crippen LogP contribution in [0.25, 0.3) is 0 Å². The first kappa shape index (κ1) is 14.1. The summed E-state index contributed by atoms with van der Waals surface area (Å²) in [4.78, 5) is 0. The lowest BCUT2D eigenvalue weighted by molar-refractivity contribution is 0.208. The average Bonchev–Trinajstić information content (AvgIpc) is 2.91. The van der Waals surface area contributed by atoms with Crippen LogP contribution in [0.1, 0.15) is 51.5 Å². The predicted molar refractivity (Wildman–Crippen MR) is 81.2 cm³/mol. The number of thiophene rings is 1. The van der Waals surface area contributed by atoms with Crippen LogP contribution in [0.4, 0.5) is 0 Å². The molecule has 0 bridgehead atoms. The number of nitrogens with one attached hydrogen (secondary N) is 1. The molecule has 1 aliphatic carbocycles. The van der Waals surface area contributed by atoms with Gasteiger partial charge in [-0.2, -0.15) is 11.3 Å². The molecule has 1 saturated carbocycles. The van der Waals surface area contributed by atoms with E-state index in [4.69, 9.17) is 0 Å². The van der Waals surface area contributed by atoms with Crippen molar-refractivity contribution in [1.82, 2.24) is 5.32 Å². The van der Waals surface area contributed by atoms with Crippen LogP contribution in [0.15, 0.2) is 16.8 Å². The third-order valence-electron chi connectivity index (χ3n) is 4.47. The van der Waals surface area contributed by atoms with E-state index in [1.165, 1.54) is 44.1 Å². The molecule has 0 aliphatic heterocycles. The molecule has 1 nitrogen and oxygen atoms in total. The van der Waals surface area contributed by atoms with Gasteiger partial charge in [0.05, 0.1) is 0 Å². The minimum absolute atomic E-state index is 0.693. The van der Waals surface area contributed by atoms with Gasteiger partial charge in [-0.15, -0.1) is 0 Å². The topological polar surface area (TPSA) is 12.0 Å². The van der Waals surface area contributed by atoms with Crippen LogP contribution in [0.5, 0.6) is 0 Å². The summed E-state index contributed by atoms with van der Waals surface area (Å²) in [6, 6.07) is 2.98. The van der Waals surface area contributed by atoms with Crippen molar-refractivity contribution in [3.63, 3.8) is 0 Å². The highest BCUT2D eigenvalue weighted by molar-refractivity contribution is 7.07. The quantitative estimate of drug-likeness (QED) is 0.799. The Morgan fingerprint density at radius 2 is 2.28 bits per heavy atom. The largest absolute Gasteiger partial charge is 0.314 e. The summed E-state index contributed by atoms with van der Waals surface area (Å²) >= 11 is 1.82. The van der Waals surface area contributed by atoms with Gasteiger partial charge < -0.3 is 5.32 Å². The van der Waals surface area contributed by atoms with Crippen molar-refractivity contribution in [2.24, 2.45) is 11.8 Å². The van der Waals surface area contributed by atoms with Gasteiger partial charge >= 0.3 is 0 Å². The molecule has 1 aromatic heterocycles. The van der Waals surface area contributed by atoms with E-state index in [1.807, 2.05) is 11.3 Å². The second-order valence-corrected chi connectivity index (χ2v) is 6.48. The van der Waals surface area contributed by atoms with Gasteiger partial charge in [0.15, 0.2) is 0 Å². The number of rotatable bonds is 6. The molecule has 0 spiro atoms. The maximum atomic E-state index is 3.74. The molecule has 3 atom stereocenters. The first-order valence-electron chi connectivity index (χ1n) is 7.57. The van der Waals surface area contributed by atoms with Crippen LogP contribution >= 0.6 is 11.3 Å². The van der Waals surface area contributed by atoms with E-state index in [9.17, 15) is 0 Å². The van der Waals surface area contributed by atoms with Gasteiger partial charge in [-0.1, -0.05) is 33.1 Å². The van der Waals surface area contributed by atoms with Crippen molar-refractivity contribution in [3.05, 3.63) is 22.4 Å². The SMILES string of the molecule is CCNC(Cc1ccsc1)C1CCCC(CC)C1. The van der Waals surface area contributed by atoms with E-state index < -0.39 is 0 Å². The molecule has 2 rings (SSSR count). The maximum Gasteiger partial charge on any atom is 0.0136 e. The number of hydrogen-bond acceptors (Lipinski definition) is 2. The first-order chi connectivity index (χ1) is 8.83. The van der Waals surface area contributed by atoms with Crippen LogP contribution in [-0.2, 0) is 6.42 Å². The molecular formula is C16H27NS. The lowest BCUT2D eigenvalue weighted by atomic mass is 9.75. The van der Waals surface area contributed by atoms with Crippen LogP contribution in [-0.4, -0.2) is 12.6 Å². The zero-order valence-electron chi connectivity index (χ0n) is 11.8. The number of hydrogen-bond donors (Lipinski definition) is 1. The molecular weight excluding hydrogens is 238 g/mol. The maximum absolute atomic E-state index is 3.74. The Morgan fingerprint density at radius 1 is 1.39 bits per heavy atom. The van der Waals surface area contributed by atoms with E-state index in [2.05, 4.69) is 36.0 Å². The second kappa shape index (κ2) is 7.30. The number of likely N-dealkylation sites (N-methyl/N-ethyl adjacent to an activating group) is 1. The Labute approximate surface area is 116 Å². The second-order valence-electron chi connectivity index (χ2n) is 5.70. The molecule has 1 aromatic rings. The summed E-state index contributed by atoms with van der Waals surface area (Å²) in [7, 11) is 0. The molecule has 0 saturated heterocycles. The molecule has 102 valence electrons. The van der Waals surface area contributed by atoms with Crippen molar-refractivity contribution in [2.75, 3.05) is 6.54 Å². The Balaban J connectivity index is 1.95. The molecule has 0 amide bonds. The zero-order valence-corrected chi connectivity index (χ0v) is 12.6. The van der Waals surface area contributed by atoms with Gasteiger partial charge in [0, 0.05) is 6.04 Å². The lowest BCUT2D eigenvalue weighted by Gasteiger charge is -2.34. The molecule has 0 radical (unpaired) electrons. The van der Waals surface area contributed by atoms with Gasteiger partial charge in [-0.05, 0) is 60.0 Å². The average molecular weight is 265 g/mol. The molecule has 18 heavy (non-hydrogen) atoms. The van der Waals surface area contributed by atoms with E-state index in [1.54, 1.807) is 0 Å². The zero-order chi connectivity index (χ0) is 12.8. The Bertz CT molecular complexity index is 320. The molecule has 0 aromatic carbocycles. The van der Waals surface area contributed by atoms with E-state index >= 15 is 0 Å². The third kappa shape index (κ3) is 3.83. The molecule has 1 heterocycles. The Kier molecular flexibility index (Phi) is 5.71. The molecule has 1 N–H and O–H groups in total. The van der Waals surface area contributed by atoms with Gasteiger partial charge in [0.2, 0.25) is 0 Å². The Hall–Kier alpha value is -0.340. The molecule has 1 aliphatic rings. The normalized spacial score (nSPS) is 26.1. The first-order valence-corrected chi connectivity index (χ1v) is 8.52. The lowest BCUT2D eigenvalue weighted by Crippen LogP contribution is -2.40. The minimum atomic E-state index is 0.693. The van der Waals surface area contributed by atoms with Gasteiger partial charge in [-0.3, -0.25) is 0 Å². The summed E-state index contributed by atoms with van der Waals surface area (Å²) in [6.07, 6.45) is 8.36.